The Morgan fingerprint density at radius 3 is 2.62 bits per heavy atom. The first-order chi connectivity index (χ1) is 19.3. The number of tetrazole rings is 1. The van der Waals surface area contributed by atoms with Crippen LogP contribution in [0.15, 0.2) is 48.5 Å². The third-order valence-corrected chi connectivity index (χ3v) is 8.75. The molecule has 1 aliphatic rings. The van der Waals surface area contributed by atoms with E-state index >= 15 is 0 Å². The van der Waals surface area contributed by atoms with E-state index in [1.165, 1.54) is 11.1 Å². The SMILES string of the molecule is CCc1nc2c(C)cc(CCC(C)(O)C(C)C)nc2n1[C@H]1CCc2cc(-c3ccccc3-c3nnn[nH]3)ccc21. The van der Waals surface area contributed by atoms with Crippen LogP contribution in [0.25, 0.3) is 33.7 Å². The van der Waals surface area contributed by atoms with E-state index in [1.807, 2.05) is 19.1 Å². The van der Waals surface area contributed by atoms with Crippen LogP contribution >= 0.6 is 0 Å². The standard InChI is InChI=1S/C32H37N7O/c1-6-28-34-29-20(4)17-23(15-16-32(5,40)19(2)3)33-31(29)39(28)27-14-12-22-18-21(11-13-25(22)27)24-9-7-8-10-26(24)30-35-37-38-36-30/h7-11,13,17-19,27,40H,6,12,14-16H2,1-5H3,(H,35,36,37,38)/t27-,32?/m0/s1. The monoisotopic (exact) mass is 535 g/mol. The molecule has 0 amide bonds. The van der Waals surface area contributed by atoms with Crippen LogP contribution in [0.1, 0.15) is 74.8 Å². The molecule has 206 valence electrons. The molecular weight excluding hydrogens is 498 g/mol. The van der Waals surface area contributed by atoms with Gasteiger partial charge < -0.3 is 9.67 Å². The number of rotatable bonds is 8. The molecule has 8 heteroatoms. The minimum absolute atomic E-state index is 0.189. The molecule has 8 nitrogen and oxygen atoms in total. The summed E-state index contributed by atoms with van der Waals surface area (Å²) in [6, 6.07) is 17.4. The zero-order valence-electron chi connectivity index (χ0n) is 23.9. The van der Waals surface area contributed by atoms with Crippen LogP contribution in [-0.2, 0) is 19.3 Å². The zero-order chi connectivity index (χ0) is 28.0. The number of hydrogen-bond acceptors (Lipinski definition) is 6. The summed E-state index contributed by atoms with van der Waals surface area (Å²) >= 11 is 0. The summed E-state index contributed by atoms with van der Waals surface area (Å²) in [7, 11) is 0. The lowest BCUT2D eigenvalue weighted by atomic mass is 9.87. The van der Waals surface area contributed by atoms with Gasteiger partial charge in [-0.05, 0) is 89.8 Å². The Morgan fingerprint density at radius 1 is 1.10 bits per heavy atom. The number of aromatic nitrogens is 7. The second kappa shape index (κ2) is 10.2. The van der Waals surface area contributed by atoms with Crippen LogP contribution in [0.2, 0.25) is 0 Å². The molecule has 2 N–H and O–H groups in total. The average Bonchev–Trinajstić information content (AvgIpc) is 3.70. The molecule has 0 saturated heterocycles. The van der Waals surface area contributed by atoms with Crippen LogP contribution < -0.4 is 0 Å². The highest BCUT2D eigenvalue weighted by molar-refractivity contribution is 5.81. The maximum Gasteiger partial charge on any atom is 0.180 e. The number of nitrogens with one attached hydrogen (secondary N) is 1. The Bertz CT molecular complexity index is 1670. The minimum Gasteiger partial charge on any atom is -0.390 e. The van der Waals surface area contributed by atoms with Crippen LogP contribution in [0, 0.1) is 12.8 Å². The quantitative estimate of drug-likeness (QED) is 0.252. The van der Waals surface area contributed by atoms with E-state index in [0.717, 1.165) is 70.6 Å². The first-order valence-corrected chi connectivity index (χ1v) is 14.3. The van der Waals surface area contributed by atoms with Crippen molar-refractivity contribution in [3.63, 3.8) is 0 Å². The average molecular weight is 536 g/mol. The number of benzene rings is 2. The minimum atomic E-state index is -0.718. The summed E-state index contributed by atoms with van der Waals surface area (Å²) in [6.45, 7) is 10.4. The number of aliphatic hydroxyl groups is 1. The van der Waals surface area contributed by atoms with Gasteiger partial charge in [-0.1, -0.05) is 63.2 Å². The molecule has 0 saturated carbocycles. The van der Waals surface area contributed by atoms with Crippen molar-refractivity contribution in [1.29, 1.82) is 0 Å². The van der Waals surface area contributed by atoms with Gasteiger partial charge in [-0.25, -0.2) is 15.1 Å². The normalized spacial score (nSPS) is 16.5. The van der Waals surface area contributed by atoms with E-state index in [1.54, 1.807) is 0 Å². The molecule has 2 aromatic carbocycles. The molecule has 1 aliphatic carbocycles. The second-order valence-electron chi connectivity index (χ2n) is 11.6. The maximum atomic E-state index is 10.8. The Morgan fingerprint density at radius 2 is 1.90 bits per heavy atom. The van der Waals surface area contributed by atoms with E-state index in [2.05, 4.69) is 89.3 Å². The van der Waals surface area contributed by atoms with Crippen LogP contribution in [0.5, 0.6) is 0 Å². The fraction of sp³-hybridized carbons (Fsp3) is 0.406. The number of imidazole rings is 1. The third-order valence-electron chi connectivity index (χ3n) is 8.75. The van der Waals surface area contributed by atoms with Gasteiger partial charge in [0.25, 0.3) is 0 Å². The van der Waals surface area contributed by atoms with Gasteiger partial charge in [-0.3, -0.25) is 0 Å². The molecule has 0 spiro atoms. The zero-order valence-corrected chi connectivity index (χ0v) is 23.9. The lowest BCUT2D eigenvalue weighted by Crippen LogP contribution is -2.31. The van der Waals surface area contributed by atoms with Gasteiger partial charge in [-0.2, -0.15) is 0 Å². The van der Waals surface area contributed by atoms with Crippen molar-refractivity contribution in [3.05, 3.63) is 76.7 Å². The van der Waals surface area contributed by atoms with Crippen LogP contribution in [-0.4, -0.2) is 45.9 Å². The largest absolute Gasteiger partial charge is 0.390 e. The van der Waals surface area contributed by atoms with Gasteiger partial charge in [0.1, 0.15) is 11.3 Å². The molecule has 1 unspecified atom stereocenters. The number of fused-ring (bicyclic) bond motifs is 2. The Hall–Kier alpha value is -3.91. The highest BCUT2D eigenvalue weighted by Crippen LogP contribution is 2.40. The Balaban J connectivity index is 1.38. The van der Waals surface area contributed by atoms with E-state index in [-0.39, 0.29) is 12.0 Å². The molecule has 2 atom stereocenters. The molecule has 0 radical (unpaired) electrons. The first-order valence-electron chi connectivity index (χ1n) is 14.3. The number of H-pyrrole nitrogens is 1. The first kappa shape index (κ1) is 26.3. The highest BCUT2D eigenvalue weighted by atomic mass is 16.3. The molecular formula is C32H37N7O. The number of aromatic amines is 1. The van der Waals surface area contributed by atoms with Crippen molar-refractivity contribution in [2.24, 2.45) is 5.92 Å². The topological polar surface area (TPSA) is 105 Å². The number of pyridine rings is 1. The van der Waals surface area contributed by atoms with Crippen molar-refractivity contribution in [1.82, 2.24) is 35.2 Å². The summed E-state index contributed by atoms with van der Waals surface area (Å²) in [6.07, 6.45) is 4.27. The fourth-order valence-corrected chi connectivity index (χ4v) is 5.95. The molecule has 3 heterocycles. The van der Waals surface area contributed by atoms with Crippen LogP contribution in [0.4, 0.5) is 0 Å². The van der Waals surface area contributed by atoms with Gasteiger partial charge in [0.15, 0.2) is 11.5 Å². The predicted molar refractivity (Wildman–Crippen MR) is 157 cm³/mol. The molecule has 0 aliphatic heterocycles. The summed E-state index contributed by atoms with van der Waals surface area (Å²) < 4.78 is 2.38. The second-order valence-corrected chi connectivity index (χ2v) is 11.6. The van der Waals surface area contributed by atoms with E-state index in [9.17, 15) is 5.11 Å². The summed E-state index contributed by atoms with van der Waals surface area (Å²) in [5, 5.41) is 25.4. The predicted octanol–water partition coefficient (Wildman–Crippen LogP) is 6.02. The van der Waals surface area contributed by atoms with Crippen molar-refractivity contribution in [2.45, 2.75) is 78.4 Å². The van der Waals surface area contributed by atoms with Crippen molar-refractivity contribution >= 4 is 11.2 Å². The Kier molecular flexibility index (Phi) is 6.74. The van der Waals surface area contributed by atoms with Crippen molar-refractivity contribution in [2.75, 3.05) is 0 Å². The summed E-state index contributed by atoms with van der Waals surface area (Å²) in [5.41, 5.74) is 9.33. The van der Waals surface area contributed by atoms with Crippen molar-refractivity contribution in [3.8, 4) is 22.5 Å². The maximum absolute atomic E-state index is 10.8. The molecule has 40 heavy (non-hydrogen) atoms. The lowest BCUT2D eigenvalue weighted by Gasteiger charge is -2.27. The van der Waals surface area contributed by atoms with E-state index in [0.29, 0.717) is 12.2 Å². The van der Waals surface area contributed by atoms with Crippen LogP contribution in [0.3, 0.4) is 0 Å². The summed E-state index contributed by atoms with van der Waals surface area (Å²) in [4.78, 5) is 10.2. The van der Waals surface area contributed by atoms with Gasteiger partial charge >= 0.3 is 0 Å². The fourth-order valence-electron chi connectivity index (χ4n) is 5.95. The summed E-state index contributed by atoms with van der Waals surface area (Å²) in [5.74, 6) is 1.93. The van der Waals surface area contributed by atoms with E-state index < -0.39 is 5.60 Å². The molecule has 0 bridgehead atoms. The lowest BCUT2D eigenvalue weighted by molar-refractivity contribution is 0.00548. The highest BCUT2D eigenvalue weighted by Gasteiger charge is 2.30. The number of hydrogen-bond donors (Lipinski definition) is 2. The van der Waals surface area contributed by atoms with Gasteiger partial charge in [-0.15, -0.1) is 5.10 Å². The molecule has 0 fully saturated rings. The van der Waals surface area contributed by atoms with Gasteiger partial charge in [0.2, 0.25) is 0 Å². The third kappa shape index (κ3) is 4.60. The molecule has 5 aromatic rings. The molecule has 6 rings (SSSR count). The number of aryl methyl sites for hydroxylation is 4. The Labute approximate surface area is 234 Å². The van der Waals surface area contributed by atoms with Gasteiger partial charge in [0.05, 0.1) is 11.6 Å². The van der Waals surface area contributed by atoms with E-state index in [4.69, 9.17) is 9.97 Å². The molecule has 3 aromatic heterocycles. The number of nitrogens with zero attached hydrogens (tertiary/aromatic N) is 6. The smallest absolute Gasteiger partial charge is 0.180 e. The van der Waals surface area contributed by atoms with Gasteiger partial charge in [0, 0.05) is 17.7 Å². The van der Waals surface area contributed by atoms with Crippen molar-refractivity contribution < 1.29 is 5.11 Å².